The van der Waals surface area contributed by atoms with Crippen LogP contribution in [0.4, 0.5) is 11.4 Å². The SMILES string of the molecule is CC(=O)Nc1ccc(NC(=O)CCc2ccc(S(=O)(=O)N3CCCCC3)cc2)cc1Cl. The average molecular weight is 464 g/mol. The normalized spacial score (nSPS) is 14.8. The van der Waals surface area contributed by atoms with E-state index in [1.54, 1.807) is 46.8 Å². The maximum absolute atomic E-state index is 12.7. The van der Waals surface area contributed by atoms with Gasteiger partial charge in [-0.1, -0.05) is 30.2 Å². The van der Waals surface area contributed by atoms with Gasteiger partial charge in [-0.25, -0.2) is 8.42 Å². The number of nitrogens with one attached hydrogen (secondary N) is 2. The summed E-state index contributed by atoms with van der Waals surface area (Å²) in [5.74, 6) is -0.415. The molecule has 1 heterocycles. The molecule has 1 fully saturated rings. The van der Waals surface area contributed by atoms with E-state index in [9.17, 15) is 18.0 Å². The number of aryl methyl sites for hydroxylation is 1. The molecule has 3 rings (SSSR count). The molecule has 7 nitrogen and oxygen atoms in total. The van der Waals surface area contributed by atoms with Gasteiger partial charge in [0.05, 0.1) is 15.6 Å². The van der Waals surface area contributed by atoms with Gasteiger partial charge in [0.15, 0.2) is 0 Å². The Bertz CT molecular complexity index is 1050. The van der Waals surface area contributed by atoms with Gasteiger partial charge in [0.2, 0.25) is 21.8 Å². The zero-order valence-corrected chi connectivity index (χ0v) is 18.9. The van der Waals surface area contributed by atoms with Crippen molar-refractivity contribution in [1.82, 2.24) is 4.31 Å². The number of sulfonamides is 1. The fourth-order valence-electron chi connectivity index (χ4n) is 3.45. The van der Waals surface area contributed by atoms with Crippen molar-refractivity contribution in [1.29, 1.82) is 0 Å². The van der Waals surface area contributed by atoms with E-state index in [2.05, 4.69) is 10.6 Å². The van der Waals surface area contributed by atoms with E-state index >= 15 is 0 Å². The van der Waals surface area contributed by atoms with Crippen molar-refractivity contribution in [3.8, 4) is 0 Å². The fourth-order valence-corrected chi connectivity index (χ4v) is 5.19. The Hall–Kier alpha value is -2.42. The smallest absolute Gasteiger partial charge is 0.243 e. The van der Waals surface area contributed by atoms with Crippen LogP contribution in [0.5, 0.6) is 0 Å². The summed E-state index contributed by atoms with van der Waals surface area (Å²) in [5.41, 5.74) is 1.89. The third-order valence-electron chi connectivity index (χ3n) is 5.08. The number of hydrogen-bond donors (Lipinski definition) is 2. The highest BCUT2D eigenvalue weighted by atomic mass is 35.5. The summed E-state index contributed by atoms with van der Waals surface area (Å²) in [7, 11) is -3.45. The summed E-state index contributed by atoms with van der Waals surface area (Å²) in [5, 5.41) is 5.71. The summed E-state index contributed by atoms with van der Waals surface area (Å²) in [6, 6.07) is 11.6. The van der Waals surface area contributed by atoms with Gasteiger partial charge in [-0.3, -0.25) is 9.59 Å². The van der Waals surface area contributed by atoms with Crippen LogP contribution < -0.4 is 10.6 Å². The Kier molecular flexibility index (Phi) is 7.69. The Morgan fingerprint density at radius 2 is 1.68 bits per heavy atom. The van der Waals surface area contributed by atoms with Crippen LogP contribution in [0, 0.1) is 0 Å². The van der Waals surface area contributed by atoms with Gasteiger partial charge in [-0.2, -0.15) is 4.31 Å². The van der Waals surface area contributed by atoms with Crippen LogP contribution in [-0.2, 0) is 26.0 Å². The highest BCUT2D eigenvalue weighted by molar-refractivity contribution is 7.89. The summed E-state index contributed by atoms with van der Waals surface area (Å²) in [4.78, 5) is 23.7. The second-order valence-corrected chi connectivity index (χ2v) is 9.88. The molecule has 0 spiro atoms. The number of halogens is 1. The number of anilines is 2. The third kappa shape index (κ3) is 6.29. The molecule has 0 aliphatic carbocycles. The van der Waals surface area contributed by atoms with Crippen molar-refractivity contribution in [2.75, 3.05) is 23.7 Å². The van der Waals surface area contributed by atoms with E-state index in [1.807, 2.05) is 0 Å². The molecule has 0 aromatic heterocycles. The lowest BCUT2D eigenvalue weighted by molar-refractivity contribution is -0.116. The minimum atomic E-state index is -3.45. The quantitative estimate of drug-likeness (QED) is 0.647. The summed E-state index contributed by atoms with van der Waals surface area (Å²) >= 11 is 6.12. The Morgan fingerprint density at radius 1 is 1.00 bits per heavy atom. The molecule has 2 aromatic rings. The molecular weight excluding hydrogens is 438 g/mol. The third-order valence-corrected chi connectivity index (χ3v) is 7.31. The highest BCUT2D eigenvalue weighted by Crippen LogP contribution is 2.26. The standard InChI is InChI=1S/C22H26ClN3O4S/c1-16(27)24-21-11-8-18(15-20(21)23)25-22(28)12-7-17-5-9-19(10-6-17)31(29,30)26-13-3-2-4-14-26/h5-6,8-11,15H,2-4,7,12-14H2,1H3,(H,24,27)(H,25,28). The molecule has 1 aliphatic rings. The van der Waals surface area contributed by atoms with Crippen molar-refractivity contribution in [3.05, 3.63) is 53.1 Å². The molecule has 0 saturated carbocycles. The predicted molar refractivity (Wildman–Crippen MR) is 122 cm³/mol. The second-order valence-electron chi connectivity index (χ2n) is 7.53. The first kappa shape index (κ1) is 23.2. The van der Waals surface area contributed by atoms with Crippen molar-refractivity contribution < 1.29 is 18.0 Å². The van der Waals surface area contributed by atoms with Gasteiger partial charge in [-0.05, 0) is 55.2 Å². The van der Waals surface area contributed by atoms with Gasteiger partial charge in [-0.15, -0.1) is 0 Å². The molecule has 0 atom stereocenters. The molecule has 0 unspecified atom stereocenters. The molecule has 31 heavy (non-hydrogen) atoms. The minimum absolute atomic E-state index is 0.187. The largest absolute Gasteiger partial charge is 0.326 e. The lowest BCUT2D eigenvalue weighted by Gasteiger charge is -2.25. The lowest BCUT2D eigenvalue weighted by Crippen LogP contribution is -2.35. The molecule has 2 aromatic carbocycles. The second kappa shape index (κ2) is 10.3. The van der Waals surface area contributed by atoms with Crippen LogP contribution in [0.3, 0.4) is 0 Å². The lowest BCUT2D eigenvalue weighted by atomic mass is 10.1. The number of amides is 2. The summed E-state index contributed by atoms with van der Waals surface area (Å²) in [6.07, 6.45) is 3.58. The first-order valence-corrected chi connectivity index (χ1v) is 12.0. The average Bonchev–Trinajstić information content (AvgIpc) is 2.75. The van der Waals surface area contributed by atoms with Crippen LogP contribution in [-0.4, -0.2) is 37.6 Å². The van der Waals surface area contributed by atoms with Crippen LogP contribution in [0.2, 0.25) is 5.02 Å². The number of carbonyl (C=O) groups is 2. The number of carbonyl (C=O) groups excluding carboxylic acids is 2. The molecule has 0 radical (unpaired) electrons. The van der Waals surface area contributed by atoms with Gasteiger partial charge in [0, 0.05) is 32.1 Å². The van der Waals surface area contributed by atoms with Gasteiger partial charge < -0.3 is 10.6 Å². The number of hydrogen-bond acceptors (Lipinski definition) is 4. The summed E-state index contributed by atoms with van der Waals surface area (Å²) < 4.78 is 27.0. The van der Waals surface area contributed by atoms with Crippen molar-refractivity contribution >= 4 is 44.8 Å². The van der Waals surface area contributed by atoms with Gasteiger partial charge >= 0.3 is 0 Å². The van der Waals surface area contributed by atoms with Crippen molar-refractivity contribution in [2.24, 2.45) is 0 Å². The zero-order chi connectivity index (χ0) is 22.4. The molecule has 9 heteroatoms. The predicted octanol–water partition coefficient (Wildman–Crippen LogP) is 4.04. The monoisotopic (exact) mass is 463 g/mol. The maximum Gasteiger partial charge on any atom is 0.243 e. The number of piperidine rings is 1. The first-order valence-electron chi connectivity index (χ1n) is 10.2. The van der Waals surface area contributed by atoms with Crippen molar-refractivity contribution in [3.63, 3.8) is 0 Å². The van der Waals surface area contributed by atoms with Crippen LogP contribution in [0.1, 0.15) is 38.2 Å². The Labute approximate surface area is 187 Å². The van der Waals surface area contributed by atoms with Gasteiger partial charge in [0.25, 0.3) is 0 Å². The van der Waals surface area contributed by atoms with Crippen LogP contribution in [0.25, 0.3) is 0 Å². The van der Waals surface area contributed by atoms with Gasteiger partial charge in [0.1, 0.15) is 0 Å². The van der Waals surface area contributed by atoms with Crippen LogP contribution in [0.15, 0.2) is 47.4 Å². The topological polar surface area (TPSA) is 95.6 Å². The molecule has 2 N–H and O–H groups in total. The first-order chi connectivity index (χ1) is 14.8. The number of nitrogens with zero attached hydrogens (tertiary/aromatic N) is 1. The van der Waals surface area contributed by atoms with E-state index in [1.165, 1.54) is 6.92 Å². The fraction of sp³-hybridized carbons (Fsp3) is 0.364. The summed E-state index contributed by atoms with van der Waals surface area (Å²) in [6.45, 7) is 2.53. The maximum atomic E-state index is 12.7. The molecule has 0 bridgehead atoms. The van der Waals surface area contributed by atoms with E-state index in [-0.39, 0.29) is 23.1 Å². The number of benzene rings is 2. The van der Waals surface area contributed by atoms with Crippen LogP contribution >= 0.6 is 11.6 Å². The molecule has 1 aliphatic heterocycles. The molecule has 166 valence electrons. The zero-order valence-electron chi connectivity index (χ0n) is 17.4. The minimum Gasteiger partial charge on any atom is -0.326 e. The van der Waals surface area contributed by atoms with E-state index < -0.39 is 10.0 Å². The Morgan fingerprint density at radius 3 is 2.29 bits per heavy atom. The molecule has 2 amide bonds. The van der Waals surface area contributed by atoms with E-state index in [0.29, 0.717) is 35.9 Å². The molecular formula is C22H26ClN3O4S. The van der Waals surface area contributed by atoms with Crippen molar-refractivity contribution in [2.45, 2.75) is 43.9 Å². The molecule has 1 saturated heterocycles. The van der Waals surface area contributed by atoms with E-state index in [0.717, 1.165) is 24.8 Å². The van der Waals surface area contributed by atoms with E-state index in [4.69, 9.17) is 11.6 Å². The number of rotatable bonds is 7. The Balaban J connectivity index is 1.54. The highest BCUT2D eigenvalue weighted by Gasteiger charge is 2.25.